The lowest BCUT2D eigenvalue weighted by Gasteiger charge is -2.12. The molecule has 0 fully saturated rings. The van der Waals surface area contributed by atoms with Crippen LogP contribution in [0.3, 0.4) is 0 Å². The van der Waals surface area contributed by atoms with Crippen LogP contribution in [-0.4, -0.2) is 21.0 Å². The predicted octanol–water partition coefficient (Wildman–Crippen LogP) is 4.04. The molecule has 0 saturated carbocycles. The van der Waals surface area contributed by atoms with E-state index in [0.29, 0.717) is 5.39 Å². The van der Waals surface area contributed by atoms with Crippen molar-refractivity contribution >= 4 is 50.3 Å². The van der Waals surface area contributed by atoms with Crippen molar-refractivity contribution in [3.63, 3.8) is 0 Å². The molecule has 0 radical (unpaired) electrons. The van der Waals surface area contributed by atoms with Gasteiger partial charge in [-0.05, 0) is 43.3 Å². The summed E-state index contributed by atoms with van der Waals surface area (Å²) >= 11 is 12.1. The number of hydrogen-bond acceptors (Lipinski definition) is 7. The summed E-state index contributed by atoms with van der Waals surface area (Å²) in [5, 5.41) is 0.0379. The molecule has 28 heavy (non-hydrogen) atoms. The molecule has 1 heterocycles. The molecule has 7 nitrogen and oxygen atoms in total. The minimum Gasteiger partial charge on any atom is -0.462 e. The van der Waals surface area contributed by atoms with Crippen LogP contribution >= 0.6 is 23.2 Å². The van der Waals surface area contributed by atoms with E-state index >= 15 is 0 Å². The van der Waals surface area contributed by atoms with Gasteiger partial charge < -0.3 is 13.3 Å². The van der Waals surface area contributed by atoms with Gasteiger partial charge in [-0.1, -0.05) is 23.2 Å². The summed E-state index contributed by atoms with van der Waals surface area (Å²) in [5.74, 6) is -0.979. The molecule has 0 unspecified atom stereocenters. The number of carbonyl (C=O) groups excluding carboxylic acids is 1. The highest BCUT2D eigenvalue weighted by Crippen LogP contribution is 2.36. The van der Waals surface area contributed by atoms with Crippen LogP contribution in [-0.2, 0) is 14.9 Å². The van der Waals surface area contributed by atoms with Gasteiger partial charge in [0.1, 0.15) is 10.5 Å². The van der Waals surface area contributed by atoms with Crippen molar-refractivity contribution in [1.82, 2.24) is 0 Å². The van der Waals surface area contributed by atoms with Gasteiger partial charge in [0.15, 0.2) is 5.75 Å². The Balaban J connectivity index is 1.97. The summed E-state index contributed by atoms with van der Waals surface area (Å²) in [7, 11) is -4.31. The number of carbonyl (C=O) groups is 1. The van der Waals surface area contributed by atoms with Crippen molar-refractivity contribution in [2.45, 2.75) is 11.8 Å². The fraction of sp³-hybridized carbons (Fsp3) is 0.111. The number of ether oxygens (including phenoxy) is 1. The van der Waals surface area contributed by atoms with Crippen LogP contribution in [0.1, 0.15) is 17.3 Å². The highest BCUT2D eigenvalue weighted by molar-refractivity contribution is 7.87. The first-order chi connectivity index (χ1) is 13.2. The fourth-order valence-corrected chi connectivity index (χ4v) is 3.99. The van der Waals surface area contributed by atoms with Gasteiger partial charge in [0.05, 0.1) is 22.2 Å². The minimum absolute atomic E-state index is 0.0577. The molecule has 3 rings (SSSR count). The van der Waals surface area contributed by atoms with Crippen LogP contribution in [0, 0.1) is 0 Å². The lowest BCUT2D eigenvalue weighted by Crippen LogP contribution is -2.11. The van der Waals surface area contributed by atoms with Crippen LogP contribution in [0.5, 0.6) is 5.75 Å². The summed E-state index contributed by atoms with van der Waals surface area (Å²) in [6.45, 7) is 1.79. The second kappa shape index (κ2) is 7.83. The van der Waals surface area contributed by atoms with Crippen molar-refractivity contribution < 1.29 is 26.5 Å². The zero-order valence-corrected chi connectivity index (χ0v) is 16.6. The molecule has 0 atom stereocenters. The average Bonchev–Trinajstić information content (AvgIpc) is 2.64. The molecular weight excluding hydrogens is 431 g/mol. The van der Waals surface area contributed by atoms with Gasteiger partial charge in [-0.25, -0.2) is 9.59 Å². The number of rotatable bonds is 5. The molecule has 0 aliphatic carbocycles. The van der Waals surface area contributed by atoms with Crippen LogP contribution in [0.2, 0.25) is 10.0 Å². The van der Waals surface area contributed by atoms with Crippen molar-refractivity contribution in [3.05, 3.63) is 68.5 Å². The number of fused-ring (bicyclic) bond motifs is 1. The van der Waals surface area contributed by atoms with E-state index in [-0.39, 0.29) is 38.4 Å². The summed E-state index contributed by atoms with van der Waals surface area (Å²) in [6.07, 6.45) is 0. The molecule has 10 heteroatoms. The second-order valence-corrected chi connectivity index (χ2v) is 7.84. The van der Waals surface area contributed by atoms with E-state index in [9.17, 15) is 18.0 Å². The molecular formula is C18H12Cl2O7S. The fourth-order valence-electron chi connectivity index (χ4n) is 2.34. The van der Waals surface area contributed by atoms with Crippen LogP contribution < -0.4 is 9.81 Å². The molecule has 0 saturated heterocycles. The van der Waals surface area contributed by atoms with Gasteiger partial charge in [-0.2, -0.15) is 8.42 Å². The predicted molar refractivity (Wildman–Crippen MR) is 103 cm³/mol. The third-order valence-electron chi connectivity index (χ3n) is 3.58. The third-order valence-corrected chi connectivity index (χ3v) is 5.36. The first-order valence-electron chi connectivity index (χ1n) is 7.86. The average molecular weight is 443 g/mol. The summed E-state index contributed by atoms with van der Waals surface area (Å²) in [4.78, 5) is 22.8. The highest BCUT2D eigenvalue weighted by Gasteiger charge is 2.23. The Labute approximate surface area is 169 Å². The van der Waals surface area contributed by atoms with Crippen molar-refractivity contribution in [1.29, 1.82) is 0 Å². The standard InChI is InChI=1S/C18H12Cl2O7S/c1-2-25-18(22)11-8-13(19)17(14(20)9-11)27-28(23,24)12-4-5-15-10(7-12)3-6-16(21)26-15/h3-9H,2H2,1H3. The van der Waals surface area contributed by atoms with E-state index in [0.717, 1.165) is 0 Å². The molecule has 0 N–H and O–H groups in total. The quantitative estimate of drug-likeness (QED) is 0.333. The number of benzene rings is 2. The zero-order chi connectivity index (χ0) is 20.5. The van der Waals surface area contributed by atoms with E-state index in [1.54, 1.807) is 6.92 Å². The molecule has 0 aliphatic rings. The van der Waals surface area contributed by atoms with E-state index in [4.69, 9.17) is 36.5 Å². The minimum atomic E-state index is -4.31. The molecule has 0 amide bonds. The summed E-state index contributed by atoms with van der Waals surface area (Å²) in [6, 6.07) is 8.82. The molecule has 0 aliphatic heterocycles. The molecule has 0 spiro atoms. The maximum atomic E-state index is 12.6. The summed E-state index contributed by atoms with van der Waals surface area (Å²) < 4.78 is 40.1. The van der Waals surface area contributed by atoms with Crippen LogP contribution in [0.15, 0.2) is 56.6 Å². The third kappa shape index (κ3) is 4.14. The molecule has 1 aromatic heterocycles. The topological polar surface area (TPSA) is 99.9 Å². The smallest absolute Gasteiger partial charge is 0.339 e. The lowest BCUT2D eigenvalue weighted by molar-refractivity contribution is 0.0526. The van der Waals surface area contributed by atoms with Crippen molar-refractivity contribution in [3.8, 4) is 5.75 Å². The summed E-state index contributed by atoms with van der Waals surface area (Å²) in [5.41, 5.74) is -0.275. The van der Waals surface area contributed by atoms with E-state index in [1.807, 2.05) is 0 Å². The SMILES string of the molecule is CCOC(=O)c1cc(Cl)c(OS(=O)(=O)c2ccc3oc(=O)ccc3c2)c(Cl)c1. The Bertz CT molecular complexity index is 1210. The van der Waals surface area contributed by atoms with Crippen LogP contribution in [0.25, 0.3) is 11.0 Å². The Hall–Kier alpha value is -2.55. The molecule has 146 valence electrons. The number of halogens is 2. The molecule has 2 aromatic carbocycles. The normalized spacial score (nSPS) is 11.4. The number of esters is 1. The van der Waals surface area contributed by atoms with Gasteiger partial charge in [0.2, 0.25) is 0 Å². The zero-order valence-electron chi connectivity index (χ0n) is 14.3. The number of hydrogen-bond donors (Lipinski definition) is 0. The first-order valence-corrected chi connectivity index (χ1v) is 10.0. The molecule has 0 bridgehead atoms. The van der Waals surface area contributed by atoms with E-state index in [2.05, 4.69) is 0 Å². The highest BCUT2D eigenvalue weighted by atomic mass is 35.5. The maximum absolute atomic E-state index is 12.6. The first kappa shape index (κ1) is 20.2. The molecule has 3 aromatic rings. The van der Waals surface area contributed by atoms with Gasteiger partial charge in [-0.15, -0.1) is 0 Å². The Morgan fingerprint density at radius 1 is 1.07 bits per heavy atom. The Morgan fingerprint density at radius 2 is 1.75 bits per heavy atom. The van der Waals surface area contributed by atoms with Gasteiger partial charge in [0.25, 0.3) is 0 Å². The van der Waals surface area contributed by atoms with Gasteiger partial charge in [-0.3, -0.25) is 0 Å². The van der Waals surface area contributed by atoms with E-state index in [1.165, 1.54) is 42.5 Å². The largest absolute Gasteiger partial charge is 0.462 e. The van der Waals surface area contributed by atoms with Crippen LogP contribution in [0.4, 0.5) is 0 Å². The Morgan fingerprint density at radius 3 is 2.39 bits per heavy atom. The lowest BCUT2D eigenvalue weighted by atomic mass is 10.2. The monoisotopic (exact) mass is 442 g/mol. The van der Waals surface area contributed by atoms with Gasteiger partial charge >= 0.3 is 21.7 Å². The van der Waals surface area contributed by atoms with Crippen molar-refractivity contribution in [2.75, 3.05) is 6.61 Å². The maximum Gasteiger partial charge on any atom is 0.339 e. The van der Waals surface area contributed by atoms with E-state index < -0.39 is 21.7 Å². The van der Waals surface area contributed by atoms with Crippen molar-refractivity contribution in [2.24, 2.45) is 0 Å². The second-order valence-electron chi connectivity index (χ2n) is 5.48. The van der Waals surface area contributed by atoms with Gasteiger partial charge in [0, 0.05) is 11.5 Å². The Kier molecular flexibility index (Phi) is 5.64.